The van der Waals surface area contributed by atoms with Gasteiger partial charge < -0.3 is 15.2 Å². The minimum Gasteiger partial charge on any atom is -0.496 e. The molecule has 0 bridgehead atoms. The second kappa shape index (κ2) is 8.17. The van der Waals surface area contributed by atoms with Crippen molar-refractivity contribution in [2.45, 2.75) is 0 Å². The Morgan fingerprint density at radius 2 is 1.81 bits per heavy atom. The first-order valence-corrected chi connectivity index (χ1v) is 7.84. The number of esters is 1. The van der Waals surface area contributed by atoms with E-state index in [4.69, 9.17) is 15.2 Å². The highest BCUT2D eigenvalue weighted by Gasteiger charge is 2.21. The number of methoxy groups -OCH3 is 1. The van der Waals surface area contributed by atoms with Gasteiger partial charge in [-0.15, -0.1) is 0 Å². The maximum atomic E-state index is 12.3. The molecule has 0 atom stereocenters. The number of rotatable bonds is 6. The predicted octanol–water partition coefficient (Wildman–Crippen LogP) is 0.114. The van der Waals surface area contributed by atoms with E-state index in [0.29, 0.717) is 11.3 Å². The molecule has 2 aromatic rings. The number of nitrogens with two attached hydrogens (primary N) is 1. The van der Waals surface area contributed by atoms with Gasteiger partial charge in [-0.3, -0.25) is 18.7 Å². The van der Waals surface area contributed by atoms with Crippen LogP contribution in [-0.4, -0.2) is 34.6 Å². The Hall–Kier alpha value is -3.62. The van der Waals surface area contributed by atoms with Gasteiger partial charge in [0.1, 0.15) is 17.1 Å². The lowest BCUT2D eigenvalue weighted by Crippen LogP contribution is -2.42. The SMILES string of the molecule is COc1ccccc1/C=C/C(=O)OCC(=O)c1c(N)n(C)c(=O)n(C)c1=O. The third kappa shape index (κ3) is 4.14. The number of ketones is 1. The van der Waals surface area contributed by atoms with E-state index in [-0.39, 0.29) is 5.82 Å². The van der Waals surface area contributed by atoms with Gasteiger partial charge >= 0.3 is 11.7 Å². The van der Waals surface area contributed by atoms with Crippen molar-refractivity contribution in [2.75, 3.05) is 19.5 Å². The zero-order valence-electron chi connectivity index (χ0n) is 15.1. The van der Waals surface area contributed by atoms with Gasteiger partial charge in [-0.25, -0.2) is 9.59 Å². The van der Waals surface area contributed by atoms with Crippen molar-refractivity contribution in [1.29, 1.82) is 0 Å². The first-order chi connectivity index (χ1) is 12.8. The summed E-state index contributed by atoms with van der Waals surface area (Å²) in [5, 5.41) is 0. The molecule has 0 radical (unpaired) electrons. The lowest BCUT2D eigenvalue weighted by Gasteiger charge is -2.10. The highest BCUT2D eigenvalue weighted by Crippen LogP contribution is 2.18. The smallest absolute Gasteiger partial charge is 0.332 e. The Morgan fingerprint density at radius 3 is 2.48 bits per heavy atom. The molecule has 27 heavy (non-hydrogen) atoms. The Morgan fingerprint density at radius 1 is 1.15 bits per heavy atom. The number of hydrogen-bond acceptors (Lipinski definition) is 7. The quantitative estimate of drug-likeness (QED) is 0.433. The van der Waals surface area contributed by atoms with Crippen LogP contribution in [0.5, 0.6) is 5.75 Å². The Balaban J connectivity index is 2.12. The van der Waals surface area contributed by atoms with Gasteiger partial charge in [-0.05, 0) is 12.1 Å². The summed E-state index contributed by atoms with van der Waals surface area (Å²) in [4.78, 5) is 48.0. The van der Waals surface area contributed by atoms with Gasteiger partial charge in [0.05, 0.1) is 7.11 Å². The lowest BCUT2D eigenvalue weighted by molar-refractivity contribution is -0.136. The first kappa shape index (κ1) is 19.7. The third-order valence-electron chi connectivity index (χ3n) is 3.87. The van der Waals surface area contributed by atoms with Gasteiger partial charge in [0, 0.05) is 25.7 Å². The number of anilines is 1. The normalized spacial score (nSPS) is 10.8. The maximum Gasteiger partial charge on any atom is 0.332 e. The summed E-state index contributed by atoms with van der Waals surface area (Å²) >= 11 is 0. The fourth-order valence-corrected chi connectivity index (χ4v) is 2.34. The fraction of sp³-hybridized carbons (Fsp3) is 0.222. The molecule has 0 saturated heterocycles. The Bertz CT molecular complexity index is 1030. The van der Waals surface area contributed by atoms with E-state index in [2.05, 4.69) is 0 Å². The van der Waals surface area contributed by atoms with Crippen LogP contribution in [0.4, 0.5) is 5.82 Å². The van der Waals surface area contributed by atoms with Gasteiger partial charge in [0.25, 0.3) is 5.56 Å². The van der Waals surface area contributed by atoms with Gasteiger partial charge in [-0.1, -0.05) is 18.2 Å². The number of aromatic nitrogens is 2. The van der Waals surface area contributed by atoms with Crippen LogP contribution >= 0.6 is 0 Å². The highest BCUT2D eigenvalue weighted by molar-refractivity contribution is 6.01. The molecule has 2 rings (SSSR count). The molecule has 142 valence electrons. The van der Waals surface area contributed by atoms with E-state index >= 15 is 0 Å². The van der Waals surface area contributed by atoms with Crippen LogP contribution in [0.25, 0.3) is 6.08 Å². The Kier molecular flexibility index (Phi) is 5.96. The molecule has 2 N–H and O–H groups in total. The van der Waals surface area contributed by atoms with Crippen molar-refractivity contribution in [3.05, 3.63) is 62.3 Å². The van der Waals surface area contributed by atoms with Crippen molar-refractivity contribution >= 4 is 23.6 Å². The summed E-state index contributed by atoms with van der Waals surface area (Å²) in [6.45, 7) is -0.688. The van der Waals surface area contributed by atoms with Crippen LogP contribution in [0.3, 0.4) is 0 Å². The molecular weight excluding hydrogens is 354 g/mol. The van der Waals surface area contributed by atoms with Gasteiger partial charge in [0.2, 0.25) is 5.78 Å². The number of nitrogens with zero attached hydrogens (tertiary/aromatic N) is 2. The van der Waals surface area contributed by atoms with E-state index in [0.717, 1.165) is 15.2 Å². The van der Waals surface area contributed by atoms with E-state index in [9.17, 15) is 19.2 Å². The Labute approximate surface area is 154 Å². The van der Waals surface area contributed by atoms with Gasteiger partial charge in [0.15, 0.2) is 6.61 Å². The van der Waals surface area contributed by atoms with E-state index in [1.807, 2.05) is 0 Å². The van der Waals surface area contributed by atoms with E-state index in [1.54, 1.807) is 24.3 Å². The molecule has 0 unspecified atom stereocenters. The summed E-state index contributed by atoms with van der Waals surface area (Å²) < 4.78 is 11.7. The molecule has 1 heterocycles. The molecule has 1 aromatic carbocycles. The number of ether oxygens (including phenoxy) is 2. The lowest BCUT2D eigenvalue weighted by atomic mass is 10.2. The topological polar surface area (TPSA) is 123 Å². The minimum absolute atomic E-state index is 0.284. The summed E-state index contributed by atoms with van der Waals surface area (Å²) in [5.74, 6) is -1.30. The van der Waals surface area contributed by atoms with E-state index in [1.165, 1.54) is 27.3 Å². The zero-order chi connectivity index (χ0) is 20.1. The van der Waals surface area contributed by atoms with Crippen molar-refractivity contribution in [3.63, 3.8) is 0 Å². The average molecular weight is 373 g/mol. The second-order valence-corrected chi connectivity index (χ2v) is 5.57. The van der Waals surface area contributed by atoms with Crippen LogP contribution in [0.2, 0.25) is 0 Å². The van der Waals surface area contributed by atoms with Crippen LogP contribution in [0.15, 0.2) is 39.9 Å². The summed E-state index contributed by atoms with van der Waals surface area (Å²) in [5.41, 5.74) is 4.43. The molecule has 0 fully saturated rings. The van der Waals surface area contributed by atoms with Crippen molar-refractivity contribution in [2.24, 2.45) is 14.1 Å². The first-order valence-electron chi connectivity index (χ1n) is 7.84. The van der Waals surface area contributed by atoms with Crippen molar-refractivity contribution in [1.82, 2.24) is 9.13 Å². The molecule has 9 heteroatoms. The van der Waals surface area contributed by atoms with Crippen LogP contribution in [-0.2, 0) is 23.6 Å². The maximum absolute atomic E-state index is 12.3. The molecule has 0 spiro atoms. The van der Waals surface area contributed by atoms with Crippen LogP contribution in [0.1, 0.15) is 15.9 Å². The monoisotopic (exact) mass is 373 g/mol. The minimum atomic E-state index is -0.846. The average Bonchev–Trinajstić information content (AvgIpc) is 2.67. The van der Waals surface area contributed by atoms with E-state index < -0.39 is 35.2 Å². The largest absolute Gasteiger partial charge is 0.496 e. The number of carbonyl (C=O) groups excluding carboxylic acids is 2. The van der Waals surface area contributed by atoms with Crippen molar-refractivity contribution < 1.29 is 19.1 Å². The molecular formula is C18H19N3O6. The number of hydrogen-bond donors (Lipinski definition) is 1. The number of nitrogen functional groups attached to an aromatic ring is 1. The third-order valence-corrected chi connectivity index (χ3v) is 3.87. The highest BCUT2D eigenvalue weighted by atomic mass is 16.5. The summed E-state index contributed by atoms with van der Waals surface area (Å²) in [7, 11) is 4.06. The second-order valence-electron chi connectivity index (χ2n) is 5.57. The standard InChI is InChI=1S/C18H19N3O6/c1-20-16(19)15(17(24)21(2)18(20)25)12(22)10-27-14(23)9-8-11-6-4-5-7-13(11)26-3/h4-9H,10,19H2,1-3H3/b9-8+. The number of para-hydroxylation sites is 1. The predicted molar refractivity (Wildman–Crippen MR) is 98.7 cm³/mol. The van der Waals surface area contributed by atoms with Gasteiger partial charge in [-0.2, -0.15) is 0 Å². The molecule has 0 saturated carbocycles. The van der Waals surface area contributed by atoms with Crippen LogP contribution < -0.4 is 21.7 Å². The molecule has 1 aromatic heterocycles. The van der Waals surface area contributed by atoms with Crippen molar-refractivity contribution in [3.8, 4) is 5.75 Å². The number of Topliss-reactive ketones (excluding diaryl/α,β-unsaturated/α-hetero) is 1. The molecule has 9 nitrogen and oxygen atoms in total. The summed E-state index contributed by atoms with van der Waals surface area (Å²) in [6.07, 6.45) is 2.61. The number of carbonyl (C=O) groups is 2. The number of benzene rings is 1. The zero-order valence-corrected chi connectivity index (χ0v) is 15.1. The fourth-order valence-electron chi connectivity index (χ4n) is 2.34. The molecule has 0 aliphatic rings. The molecule has 0 amide bonds. The molecule has 0 aliphatic carbocycles. The molecule has 0 aliphatic heterocycles. The summed E-state index contributed by atoms with van der Waals surface area (Å²) in [6, 6.07) is 7.02. The van der Waals surface area contributed by atoms with Crippen LogP contribution in [0, 0.1) is 0 Å².